The average Bonchev–Trinajstić information content (AvgIpc) is 2.75. The minimum absolute atomic E-state index is 0.0866. The van der Waals surface area contributed by atoms with Crippen molar-refractivity contribution in [3.63, 3.8) is 0 Å². The maximum Gasteiger partial charge on any atom is 0.251 e. The first kappa shape index (κ1) is 23.1. The molecule has 1 atom stereocenters. The first-order valence-corrected chi connectivity index (χ1v) is 11.7. The van der Waals surface area contributed by atoms with Crippen LogP contribution in [-0.4, -0.2) is 23.3 Å². The molecule has 2 aromatic rings. The Balaban J connectivity index is 1.82. The van der Waals surface area contributed by atoms with Gasteiger partial charge in [0.1, 0.15) is 6.04 Å². The fraction of sp³-hybridized carbons (Fsp3) is 0.481. The lowest BCUT2D eigenvalue weighted by molar-refractivity contribution is -0.139. The van der Waals surface area contributed by atoms with Crippen molar-refractivity contribution in [3.05, 3.63) is 64.2 Å². The maximum absolute atomic E-state index is 13.5. The molecule has 0 aliphatic carbocycles. The molecular formula is C27H36N2O2. The third kappa shape index (κ3) is 5.55. The van der Waals surface area contributed by atoms with Crippen LogP contribution in [0.2, 0.25) is 0 Å². The molecule has 1 heterocycles. The number of amides is 2. The number of hydrogen-bond donors (Lipinski definition) is 1. The van der Waals surface area contributed by atoms with Crippen molar-refractivity contribution in [1.82, 2.24) is 4.90 Å². The van der Waals surface area contributed by atoms with E-state index >= 15 is 0 Å². The van der Waals surface area contributed by atoms with Crippen LogP contribution in [0.1, 0.15) is 79.3 Å². The van der Waals surface area contributed by atoms with Gasteiger partial charge in [-0.15, -0.1) is 0 Å². The van der Waals surface area contributed by atoms with E-state index in [4.69, 9.17) is 0 Å². The van der Waals surface area contributed by atoms with Crippen molar-refractivity contribution in [2.24, 2.45) is 0 Å². The molecule has 166 valence electrons. The Morgan fingerprint density at radius 2 is 1.68 bits per heavy atom. The highest BCUT2D eigenvalue weighted by Gasteiger charge is 2.35. The van der Waals surface area contributed by atoms with E-state index in [1.165, 1.54) is 24.8 Å². The Bertz CT molecular complexity index is 912. The van der Waals surface area contributed by atoms with E-state index in [9.17, 15) is 9.59 Å². The highest BCUT2D eigenvalue weighted by Crippen LogP contribution is 2.33. The van der Waals surface area contributed by atoms with Gasteiger partial charge >= 0.3 is 0 Å². The summed E-state index contributed by atoms with van der Waals surface area (Å²) in [6.45, 7) is 8.88. The number of rotatable bonds is 8. The molecule has 0 fully saturated rings. The summed E-state index contributed by atoms with van der Waals surface area (Å²) in [5, 5.41) is 3.15. The predicted molar refractivity (Wildman–Crippen MR) is 127 cm³/mol. The number of nitrogens with zero attached hydrogens (tertiary/aromatic N) is 1. The number of hydrogen-bond acceptors (Lipinski definition) is 2. The van der Waals surface area contributed by atoms with E-state index in [1.807, 2.05) is 32.0 Å². The largest absolute Gasteiger partial charge is 0.326 e. The summed E-state index contributed by atoms with van der Waals surface area (Å²) >= 11 is 0. The smallest absolute Gasteiger partial charge is 0.251 e. The van der Waals surface area contributed by atoms with E-state index < -0.39 is 6.04 Å². The number of carbonyl (C=O) groups is 2. The molecule has 31 heavy (non-hydrogen) atoms. The molecule has 1 N–H and O–H groups in total. The van der Waals surface area contributed by atoms with Gasteiger partial charge in [-0.05, 0) is 55.9 Å². The zero-order chi connectivity index (χ0) is 22.4. The van der Waals surface area contributed by atoms with E-state index in [0.717, 1.165) is 47.2 Å². The molecule has 4 nitrogen and oxygen atoms in total. The van der Waals surface area contributed by atoms with E-state index in [-0.39, 0.29) is 11.8 Å². The second-order valence-corrected chi connectivity index (χ2v) is 8.87. The summed E-state index contributed by atoms with van der Waals surface area (Å²) in [6.07, 6.45) is 6.84. The van der Waals surface area contributed by atoms with Crippen molar-refractivity contribution in [2.45, 2.75) is 78.7 Å². The molecular weight excluding hydrogens is 384 g/mol. The molecule has 0 bridgehead atoms. The van der Waals surface area contributed by atoms with Crippen molar-refractivity contribution < 1.29 is 9.59 Å². The standard InChI is InChI=1S/C27H36N2O2/c1-5-6-7-8-9-14-24(30)29-16-15-22-12-10-11-13-23(22)26(29)27(31)28-25-20(3)17-19(2)18-21(25)4/h10-13,17-18,26H,5-9,14-16H2,1-4H3,(H,28,31). The lowest BCUT2D eigenvalue weighted by atomic mass is 9.91. The molecule has 1 unspecified atom stereocenters. The Hall–Kier alpha value is -2.62. The van der Waals surface area contributed by atoms with Gasteiger partial charge in [-0.1, -0.05) is 74.6 Å². The molecule has 0 spiro atoms. The van der Waals surface area contributed by atoms with Gasteiger partial charge in [-0.25, -0.2) is 0 Å². The van der Waals surface area contributed by atoms with Gasteiger partial charge in [-0.3, -0.25) is 9.59 Å². The van der Waals surface area contributed by atoms with Crippen LogP contribution in [0.5, 0.6) is 0 Å². The number of benzene rings is 2. The lowest BCUT2D eigenvalue weighted by Gasteiger charge is -2.36. The van der Waals surface area contributed by atoms with Gasteiger partial charge in [0.15, 0.2) is 0 Å². The number of carbonyl (C=O) groups excluding carboxylic acids is 2. The van der Waals surface area contributed by atoms with Crippen LogP contribution in [0.25, 0.3) is 0 Å². The van der Waals surface area contributed by atoms with Crippen LogP contribution in [0.4, 0.5) is 5.69 Å². The zero-order valence-corrected chi connectivity index (χ0v) is 19.5. The summed E-state index contributed by atoms with van der Waals surface area (Å²) in [7, 11) is 0. The Kier molecular flexibility index (Phi) is 7.89. The van der Waals surface area contributed by atoms with Crippen LogP contribution in [0.15, 0.2) is 36.4 Å². The molecule has 2 amide bonds. The number of nitrogens with one attached hydrogen (secondary N) is 1. The summed E-state index contributed by atoms with van der Waals surface area (Å²) in [5.74, 6) is -0.0370. The third-order valence-corrected chi connectivity index (χ3v) is 6.27. The first-order chi connectivity index (χ1) is 14.9. The highest BCUT2D eigenvalue weighted by atomic mass is 16.2. The minimum Gasteiger partial charge on any atom is -0.326 e. The van der Waals surface area contributed by atoms with Crippen molar-refractivity contribution in [1.29, 1.82) is 0 Å². The highest BCUT2D eigenvalue weighted by molar-refractivity contribution is 5.99. The summed E-state index contributed by atoms with van der Waals surface area (Å²) in [6, 6.07) is 11.6. The summed E-state index contributed by atoms with van der Waals surface area (Å²) in [5.41, 5.74) is 6.23. The average molecular weight is 421 g/mol. The van der Waals surface area contributed by atoms with Crippen molar-refractivity contribution in [2.75, 3.05) is 11.9 Å². The number of fused-ring (bicyclic) bond motifs is 1. The van der Waals surface area contributed by atoms with Crippen LogP contribution >= 0.6 is 0 Å². The summed E-state index contributed by atoms with van der Waals surface area (Å²) in [4.78, 5) is 28.5. The number of unbranched alkanes of at least 4 members (excludes halogenated alkanes) is 4. The first-order valence-electron chi connectivity index (χ1n) is 11.7. The van der Waals surface area contributed by atoms with Crippen molar-refractivity contribution in [3.8, 4) is 0 Å². The van der Waals surface area contributed by atoms with Gasteiger partial charge < -0.3 is 10.2 Å². The van der Waals surface area contributed by atoms with Gasteiger partial charge in [0.25, 0.3) is 5.91 Å². The molecule has 4 heteroatoms. The van der Waals surface area contributed by atoms with Crippen LogP contribution < -0.4 is 5.32 Å². The molecule has 0 aromatic heterocycles. The number of anilines is 1. The zero-order valence-electron chi connectivity index (χ0n) is 19.5. The van der Waals surface area contributed by atoms with Gasteiger partial charge in [0.2, 0.25) is 5.91 Å². The molecule has 0 radical (unpaired) electrons. The number of aryl methyl sites for hydroxylation is 3. The van der Waals surface area contributed by atoms with Gasteiger partial charge in [0, 0.05) is 18.7 Å². The van der Waals surface area contributed by atoms with E-state index in [2.05, 4.69) is 37.4 Å². The normalized spacial score (nSPS) is 15.5. The lowest BCUT2D eigenvalue weighted by Crippen LogP contribution is -2.45. The fourth-order valence-corrected chi connectivity index (χ4v) is 4.71. The van der Waals surface area contributed by atoms with E-state index in [1.54, 1.807) is 4.90 Å². The van der Waals surface area contributed by atoms with Crippen LogP contribution in [0.3, 0.4) is 0 Å². The van der Waals surface area contributed by atoms with Gasteiger partial charge in [-0.2, -0.15) is 0 Å². The molecule has 0 saturated carbocycles. The Labute approximate surface area is 187 Å². The molecule has 2 aromatic carbocycles. The minimum atomic E-state index is -0.576. The maximum atomic E-state index is 13.5. The monoisotopic (exact) mass is 420 g/mol. The van der Waals surface area contributed by atoms with Crippen LogP contribution in [-0.2, 0) is 16.0 Å². The molecule has 3 rings (SSSR count). The van der Waals surface area contributed by atoms with Crippen molar-refractivity contribution >= 4 is 17.5 Å². The van der Waals surface area contributed by atoms with E-state index in [0.29, 0.717) is 13.0 Å². The third-order valence-electron chi connectivity index (χ3n) is 6.27. The topological polar surface area (TPSA) is 49.4 Å². The van der Waals surface area contributed by atoms with Crippen LogP contribution in [0, 0.1) is 20.8 Å². The summed E-state index contributed by atoms with van der Waals surface area (Å²) < 4.78 is 0. The Morgan fingerprint density at radius 1 is 1.00 bits per heavy atom. The predicted octanol–water partition coefficient (Wildman–Crippen LogP) is 6.04. The molecule has 1 aliphatic rings. The quantitative estimate of drug-likeness (QED) is 0.530. The Morgan fingerprint density at radius 3 is 2.39 bits per heavy atom. The molecule has 0 saturated heterocycles. The van der Waals surface area contributed by atoms with Gasteiger partial charge in [0.05, 0.1) is 0 Å². The second-order valence-electron chi connectivity index (χ2n) is 8.87. The second kappa shape index (κ2) is 10.6. The fourth-order valence-electron chi connectivity index (χ4n) is 4.71. The molecule has 1 aliphatic heterocycles. The SMILES string of the molecule is CCCCCCCC(=O)N1CCc2ccccc2C1C(=O)Nc1c(C)cc(C)cc1C.